The number of rotatable bonds is 4. The van der Waals surface area contributed by atoms with E-state index in [0.717, 1.165) is 28.8 Å². The van der Waals surface area contributed by atoms with E-state index in [2.05, 4.69) is 20.6 Å². The van der Waals surface area contributed by atoms with E-state index in [9.17, 15) is 0 Å². The molecular weight excluding hydrogens is 256 g/mol. The van der Waals surface area contributed by atoms with Crippen molar-refractivity contribution in [2.45, 2.75) is 18.9 Å². The molecule has 0 amide bonds. The van der Waals surface area contributed by atoms with E-state index < -0.39 is 0 Å². The van der Waals surface area contributed by atoms with E-state index in [1.807, 2.05) is 24.3 Å². The van der Waals surface area contributed by atoms with Crippen molar-refractivity contribution in [1.29, 1.82) is 0 Å². The third kappa shape index (κ3) is 2.32. The van der Waals surface area contributed by atoms with Gasteiger partial charge < -0.3 is 20.1 Å². The zero-order chi connectivity index (χ0) is 13.4. The first-order valence-corrected chi connectivity index (χ1v) is 6.62. The van der Waals surface area contributed by atoms with Crippen LogP contribution in [0.5, 0.6) is 11.5 Å². The zero-order valence-electron chi connectivity index (χ0n) is 10.8. The number of fused-ring (bicyclic) bond motifs is 1. The second kappa shape index (κ2) is 4.56. The fourth-order valence-electron chi connectivity index (χ4n) is 2.06. The summed E-state index contributed by atoms with van der Waals surface area (Å²) in [7, 11) is 0. The first kappa shape index (κ1) is 11.3. The van der Waals surface area contributed by atoms with Gasteiger partial charge in [-0.2, -0.15) is 0 Å². The minimum atomic E-state index is 0.280. The fourth-order valence-corrected chi connectivity index (χ4v) is 2.06. The van der Waals surface area contributed by atoms with Crippen molar-refractivity contribution in [3.05, 3.63) is 30.6 Å². The maximum absolute atomic E-state index is 5.35. The van der Waals surface area contributed by atoms with Gasteiger partial charge in [-0.3, -0.25) is 0 Å². The molecule has 0 radical (unpaired) electrons. The van der Waals surface area contributed by atoms with Crippen LogP contribution in [0.1, 0.15) is 12.8 Å². The van der Waals surface area contributed by atoms with E-state index in [-0.39, 0.29) is 6.79 Å². The largest absolute Gasteiger partial charge is 0.454 e. The number of nitrogens with zero attached hydrogens (tertiary/aromatic N) is 2. The SMILES string of the molecule is c1nc(Nc2ccc3c(c2)OCO3)cc(NC2CC2)n1. The molecule has 0 saturated heterocycles. The van der Waals surface area contributed by atoms with Crippen LogP contribution in [-0.4, -0.2) is 22.8 Å². The molecule has 2 aromatic rings. The van der Waals surface area contributed by atoms with Crippen LogP contribution in [-0.2, 0) is 0 Å². The second-order valence-electron chi connectivity index (χ2n) is 4.90. The topological polar surface area (TPSA) is 68.3 Å². The Labute approximate surface area is 116 Å². The fraction of sp³-hybridized carbons (Fsp3) is 0.286. The quantitative estimate of drug-likeness (QED) is 0.889. The summed E-state index contributed by atoms with van der Waals surface area (Å²) in [5.74, 6) is 3.13. The normalized spacial score (nSPS) is 16.0. The number of benzene rings is 1. The van der Waals surface area contributed by atoms with Crippen LogP contribution in [0.15, 0.2) is 30.6 Å². The minimum absolute atomic E-state index is 0.280. The lowest BCUT2D eigenvalue weighted by atomic mass is 10.3. The van der Waals surface area contributed by atoms with Gasteiger partial charge in [0.1, 0.15) is 18.0 Å². The Kier molecular flexibility index (Phi) is 2.58. The van der Waals surface area contributed by atoms with Gasteiger partial charge in [-0.1, -0.05) is 0 Å². The predicted molar refractivity (Wildman–Crippen MR) is 74.5 cm³/mol. The number of nitrogens with one attached hydrogen (secondary N) is 2. The molecule has 2 N–H and O–H groups in total. The van der Waals surface area contributed by atoms with Crippen LogP contribution in [0.25, 0.3) is 0 Å². The summed E-state index contributed by atoms with van der Waals surface area (Å²) in [5.41, 5.74) is 0.908. The Morgan fingerprint density at radius 3 is 2.75 bits per heavy atom. The molecule has 2 heterocycles. The monoisotopic (exact) mass is 270 g/mol. The first-order valence-electron chi connectivity index (χ1n) is 6.62. The van der Waals surface area contributed by atoms with Crippen molar-refractivity contribution in [2.24, 2.45) is 0 Å². The van der Waals surface area contributed by atoms with Gasteiger partial charge in [-0.05, 0) is 25.0 Å². The highest BCUT2D eigenvalue weighted by Crippen LogP contribution is 2.35. The van der Waals surface area contributed by atoms with E-state index in [1.54, 1.807) is 6.33 Å². The Bertz CT molecular complexity index is 643. The van der Waals surface area contributed by atoms with Crippen LogP contribution < -0.4 is 20.1 Å². The van der Waals surface area contributed by atoms with Crippen molar-refractivity contribution in [3.8, 4) is 11.5 Å². The molecule has 2 aliphatic rings. The molecule has 4 rings (SSSR count). The summed E-state index contributed by atoms with van der Waals surface area (Å²) in [5, 5.41) is 6.59. The highest BCUT2D eigenvalue weighted by Gasteiger charge is 2.21. The molecule has 0 unspecified atom stereocenters. The molecule has 6 nitrogen and oxygen atoms in total. The highest BCUT2D eigenvalue weighted by molar-refractivity contribution is 5.63. The molecule has 0 spiro atoms. The van der Waals surface area contributed by atoms with Gasteiger partial charge in [0.25, 0.3) is 0 Å². The summed E-state index contributed by atoms with van der Waals surface area (Å²) in [4.78, 5) is 8.43. The summed E-state index contributed by atoms with van der Waals surface area (Å²) in [6, 6.07) is 8.20. The average molecular weight is 270 g/mol. The van der Waals surface area contributed by atoms with Gasteiger partial charge in [0, 0.05) is 23.9 Å². The number of ether oxygens (including phenoxy) is 2. The van der Waals surface area contributed by atoms with E-state index in [1.165, 1.54) is 12.8 Å². The molecule has 0 bridgehead atoms. The Balaban J connectivity index is 1.52. The molecule has 0 atom stereocenters. The second-order valence-corrected chi connectivity index (χ2v) is 4.90. The number of aromatic nitrogens is 2. The molecular formula is C14H14N4O2. The lowest BCUT2D eigenvalue weighted by molar-refractivity contribution is 0.174. The number of hydrogen-bond donors (Lipinski definition) is 2. The van der Waals surface area contributed by atoms with E-state index >= 15 is 0 Å². The Hall–Kier alpha value is -2.50. The van der Waals surface area contributed by atoms with Gasteiger partial charge in [0.15, 0.2) is 11.5 Å². The third-order valence-corrected chi connectivity index (χ3v) is 3.24. The van der Waals surface area contributed by atoms with Crippen LogP contribution >= 0.6 is 0 Å². The first-order chi connectivity index (χ1) is 9.87. The molecule has 1 fully saturated rings. The van der Waals surface area contributed by atoms with Crippen LogP contribution in [0.3, 0.4) is 0 Å². The number of hydrogen-bond acceptors (Lipinski definition) is 6. The minimum Gasteiger partial charge on any atom is -0.454 e. The van der Waals surface area contributed by atoms with E-state index in [4.69, 9.17) is 9.47 Å². The van der Waals surface area contributed by atoms with Crippen LogP contribution in [0, 0.1) is 0 Å². The van der Waals surface area contributed by atoms with E-state index in [0.29, 0.717) is 6.04 Å². The van der Waals surface area contributed by atoms with Crippen molar-refractivity contribution in [3.63, 3.8) is 0 Å². The average Bonchev–Trinajstić information content (AvgIpc) is 3.14. The van der Waals surface area contributed by atoms with Gasteiger partial charge in [0.05, 0.1) is 0 Å². The molecule has 1 saturated carbocycles. The predicted octanol–water partition coefficient (Wildman–Crippen LogP) is 2.52. The Morgan fingerprint density at radius 2 is 1.85 bits per heavy atom. The molecule has 6 heteroatoms. The van der Waals surface area contributed by atoms with Crippen molar-refractivity contribution < 1.29 is 9.47 Å². The molecule has 1 aromatic carbocycles. The standard InChI is InChI=1S/C14H14N4O2/c1-2-9(1)17-13-6-14(16-7-15-13)18-10-3-4-11-12(5-10)20-8-19-11/h3-7,9H,1-2,8H2,(H2,15,16,17,18). The van der Waals surface area contributed by atoms with Crippen molar-refractivity contribution >= 4 is 17.3 Å². The lowest BCUT2D eigenvalue weighted by Gasteiger charge is -2.08. The summed E-state index contributed by atoms with van der Waals surface area (Å²) >= 11 is 0. The molecule has 1 aliphatic heterocycles. The third-order valence-electron chi connectivity index (χ3n) is 3.24. The zero-order valence-corrected chi connectivity index (χ0v) is 10.8. The number of anilines is 3. The maximum atomic E-state index is 5.35. The highest BCUT2D eigenvalue weighted by atomic mass is 16.7. The van der Waals surface area contributed by atoms with Gasteiger partial charge >= 0.3 is 0 Å². The summed E-state index contributed by atoms with van der Waals surface area (Å²) in [6.45, 7) is 0.280. The van der Waals surface area contributed by atoms with Gasteiger partial charge in [0.2, 0.25) is 6.79 Å². The van der Waals surface area contributed by atoms with Gasteiger partial charge in [-0.25, -0.2) is 9.97 Å². The molecule has 1 aliphatic carbocycles. The maximum Gasteiger partial charge on any atom is 0.231 e. The van der Waals surface area contributed by atoms with Crippen LogP contribution in [0.2, 0.25) is 0 Å². The summed E-state index contributed by atoms with van der Waals surface area (Å²) in [6.07, 6.45) is 3.99. The summed E-state index contributed by atoms with van der Waals surface area (Å²) < 4.78 is 10.6. The smallest absolute Gasteiger partial charge is 0.231 e. The molecule has 1 aromatic heterocycles. The van der Waals surface area contributed by atoms with Crippen molar-refractivity contribution in [2.75, 3.05) is 17.4 Å². The Morgan fingerprint density at radius 1 is 1.00 bits per heavy atom. The van der Waals surface area contributed by atoms with Crippen LogP contribution in [0.4, 0.5) is 17.3 Å². The lowest BCUT2D eigenvalue weighted by Crippen LogP contribution is -2.04. The molecule has 102 valence electrons. The molecule has 20 heavy (non-hydrogen) atoms. The van der Waals surface area contributed by atoms with Crippen molar-refractivity contribution in [1.82, 2.24) is 9.97 Å². The van der Waals surface area contributed by atoms with Gasteiger partial charge in [-0.15, -0.1) is 0 Å².